The average molecular weight is 1240 g/mol. The Kier molecular flexibility index (Phi) is 19.9. The third-order valence-electron chi connectivity index (χ3n) is 16.3. The highest BCUT2D eigenvalue weighted by atomic mass is 32.1. The second kappa shape index (κ2) is 27.3. The van der Waals surface area contributed by atoms with E-state index in [1.54, 1.807) is 22.9 Å². The largest absolute Gasteiger partial charge is 0.396 e. The van der Waals surface area contributed by atoms with E-state index in [0.29, 0.717) is 35.9 Å². The number of anilines is 1. The zero-order valence-electron chi connectivity index (χ0n) is 49.3. The van der Waals surface area contributed by atoms with E-state index in [1.807, 2.05) is 88.4 Å². The van der Waals surface area contributed by atoms with Crippen molar-refractivity contribution < 1.29 is 62.6 Å². The van der Waals surface area contributed by atoms with Crippen LogP contribution in [-0.2, 0) is 70.5 Å². The Balaban J connectivity index is 0.736. The SMILES string of the molecule is Cc1ncsc1-c1ccc(CNC(=O)[C@@H]2C[C@@H](O)CN2C(=O)[C@@H](NC(=O)CCCCCc2ccc(CNC(=O)[C@H](CCC(N)=O)NC(=O)[C@@H]3Cc4cccc5c4N3C(=O)[C@@H](NC(=O)c3cc4cc(C(=O)P(=O)(O)O)ccc4[nH]3)CC5)cc2)C(C)(C)C)cc1. The number of fused-ring (bicyclic) bond motifs is 1. The van der Waals surface area contributed by atoms with E-state index in [1.165, 1.54) is 34.1 Å². The van der Waals surface area contributed by atoms with Crippen LogP contribution >= 0.6 is 18.9 Å². The van der Waals surface area contributed by atoms with Crippen LogP contribution in [0.2, 0.25) is 0 Å². The summed E-state index contributed by atoms with van der Waals surface area (Å²) in [5, 5.41) is 25.2. The van der Waals surface area contributed by atoms with Crippen LogP contribution in [0.3, 0.4) is 0 Å². The molecule has 8 amide bonds. The van der Waals surface area contributed by atoms with Crippen LogP contribution in [0, 0.1) is 12.3 Å². The molecule has 3 aliphatic heterocycles. The van der Waals surface area contributed by atoms with Crippen LogP contribution in [0.4, 0.5) is 5.69 Å². The van der Waals surface area contributed by atoms with Crippen molar-refractivity contribution in [1.29, 1.82) is 0 Å². The van der Waals surface area contributed by atoms with E-state index in [-0.39, 0.29) is 81.2 Å². The van der Waals surface area contributed by atoms with Gasteiger partial charge in [-0.25, -0.2) is 4.98 Å². The van der Waals surface area contributed by atoms with Gasteiger partial charge in [0.2, 0.25) is 41.4 Å². The molecule has 0 spiro atoms. The second-order valence-corrected chi connectivity index (χ2v) is 26.2. The molecule has 1 fully saturated rings. The molecule has 25 heteroatoms. The quantitative estimate of drug-likeness (QED) is 0.0285. The summed E-state index contributed by atoms with van der Waals surface area (Å²) in [5.41, 5.74) is 12.0. The van der Waals surface area contributed by atoms with Gasteiger partial charge in [0.05, 0.1) is 27.9 Å². The van der Waals surface area contributed by atoms with Gasteiger partial charge in [-0.3, -0.25) is 52.6 Å². The summed E-state index contributed by atoms with van der Waals surface area (Å²) >= 11 is 1.56. The molecule has 1 saturated heterocycles. The number of aromatic nitrogens is 2. The Hall–Kier alpha value is -8.41. The normalized spacial score (nSPS) is 18.0. The van der Waals surface area contributed by atoms with Crippen molar-refractivity contribution in [3.8, 4) is 10.4 Å². The fourth-order valence-electron chi connectivity index (χ4n) is 11.5. The summed E-state index contributed by atoms with van der Waals surface area (Å²) in [4.78, 5) is 151. The summed E-state index contributed by atoms with van der Waals surface area (Å²) < 4.78 is 11.6. The Morgan fingerprint density at radius 2 is 1.52 bits per heavy atom. The highest BCUT2D eigenvalue weighted by Gasteiger charge is 2.46. The number of primary amides is 1. The number of aliphatic hydroxyl groups is 1. The summed E-state index contributed by atoms with van der Waals surface area (Å²) in [6, 6.07) is 20.8. The fraction of sp³-hybridized carbons (Fsp3) is 0.397. The van der Waals surface area contributed by atoms with E-state index in [9.17, 15) is 62.6 Å². The average Bonchev–Trinajstić information content (AvgIpc) is 1.95. The van der Waals surface area contributed by atoms with Crippen molar-refractivity contribution in [2.24, 2.45) is 11.1 Å². The number of aromatic amines is 1. The van der Waals surface area contributed by atoms with Gasteiger partial charge in [0, 0.05) is 61.8 Å². The van der Waals surface area contributed by atoms with E-state index in [4.69, 9.17) is 5.73 Å². The maximum Gasteiger partial charge on any atom is 0.396 e. The summed E-state index contributed by atoms with van der Waals surface area (Å²) in [6.45, 7) is 7.77. The number of nitrogens with zero attached hydrogens (tertiary/aromatic N) is 3. The smallest absolute Gasteiger partial charge is 0.391 e. The molecule has 0 radical (unpaired) electrons. The van der Waals surface area contributed by atoms with E-state index < -0.39 is 90.3 Å². The van der Waals surface area contributed by atoms with Crippen LogP contribution < -0.4 is 37.2 Å². The first kappa shape index (κ1) is 64.1. The van der Waals surface area contributed by atoms with E-state index in [0.717, 1.165) is 56.8 Å². The molecule has 3 aliphatic rings. The van der Waals surface area contributed by atoms with Gasteiger partial charge in [0.15, 0.2) is 0 Å². The molecule has 5 heterocycles. The molecule has 88 heavy (non-hydrogen) atoms. The maximum absolute atomic E-state index is 14.5. The van der Waals surface area contributed by atoms with Gasteiger partial charge in [0.25, 0.3) is 11.4 Å². The molecule has 2 aromatic heterocycles. The highest BCUT2D eigenvalue weighted by Crippen LogP contribution is 2.41. The van der Waals surface area contributed by atoms with Gasteiger partial charge in [-0.1, -0.05) is 93.9 Å². The van der Waals surface area contributed by atoms with E-state index in [2.05, 4.69) is 36.6 Å². The number of thiazole rings is 1. The number of para-hydroxylation sites is 1. The van der Waals surface area contributed by atoms with Crippen LogP contribution in [0.15, 0.2) is 96.5 Å². The van der Waals surface area contributed by atoms with Gasteiger partial charge < -0.3 is 57.1 Å². The van der Waals surface area contributed by atoms with E-state index >= 15 is 0 Å². The lowest BCUT2D eigenvalue weighted by Crippen LogP contribution is -2.57. The van der Waals surface area contributed by atoms with Crippen molar-refractivity contribution in [2.45, 2.75) is 148 Å². The van der Waals surface area contributed by atoms with Crippen LogP contribution in [0.25, 0.3) is 21.3 Å². The first-order chi connectivity index (χ1) is 41.8. The molecule has 0 unspecified atom stereocenters. The molecule has 0 bridgehead atoms. The second-order valence-electron chi connectivity index (χ2n) is 23.9. The number of hydrogen-bond donors (Lipinski definition) is 10. The van der Waals surface area contributed by atoms with Crippen LogP contribution in [0.1, 0.15) is 126 Å². The topological polar surface area (TPSA) is 353 Å². The first-order valence-electron chi connectivity index (χ1n) is 29.3. The van der Waals surface area contributed by atoms with Crippen molar-refractivity contribution >= 4 is 88.3 Å². The minimum atomic E-state index is -5.07. The van der Waals surface area contributed by atoms with Crippen LogP contribution in [0.5, 0.6) is 0 Å². The Morgan fingerprint density at radius 1 is 0.830 bits per heavy atom. The van der Waals surface area contributed by atoms with Gasteiger partial charge >= 0.3 is 7.60 Å². The van der Waals surface area contributed by atoms with Gasteiger partial charge in [0.1, 0.15) is 35.9 Å². The number of carbonyl (C=O) groups is 9. The van der Waals surface area contributed by atoms with Gasteiger partial charge in [-0.15, -0.1) is 11.3 Å². The number of β-amino-alcohol motifs (C(OH)–C–C–N with tert-alkyl or cyclic N) is 1. The lowest BCUT2D eigenvalue weighted by molar-refractivity contribution is -0.144. The Morgan fingerprint density at radius 3 is 2.20 bits per heavy atom. The number of rotatable bonds is 24. The lowest BCUT2D eigenvalue weighted by atomic mass is 9.85. The fourth-order valence-corrected chi connectivity index (χ4v) is 12.8. The number of carbonyl (C=O) groups excluding carboxylic acids is 9. The third kappa shape index (κ3) is 15.3. The molecule has 464 valence electrons. The number of nitrogens with one attached hydrogen (secondary N) is 6. The highest BCUT2D eigenvalue weighted by molar-refractivity contribution is 7.70. The molecule has 4 aromatic carbocycles. The predicted octanol–water partition coefficient (Wildman–Crippen LogP) is 4.90. The minimum Gasteiger partial charge on any atom is -0.391 e. The van der Waals surface area contributed by atoms with Crippen LogP contribution in [-0.4, -0.2) is 125 Å². The number of benzene rings is 4. The zero-order valence-corrected chi connectivity index (χ0v) is 51.0. The molecule has 6 aromatic rings. The molecule has 23 nitrogen and oxygen atoms in total. The number of aliphatic hydroxyl groups excluding tert-OH is 1. The minimum absolute atomic E-state index is 0.00916. The molecular formula is C63H73N10O13PS. The Labute approximate surface area is 512 Å². The number of unbranched alkanes of at least 4 members (excludes halogenated alkanes) is 2. The molecular weight excluding hydrogens is 1170 g/mol. The van der Waals surface area contributed by atoms with Gasteiger partial charge in [-0.2, -0.15) is 0 Å². The molecule has 0 aliphatic carbocycles. The first-order valence-corrected chi connectivity index (χ1v) is 31.8. The number of hydrogen-bond acceptors (Lipinski definition) is 13. The predicted molar refractivity (Wildman–Crippen MR) is 328 cm³/mol. The standard InChI is InChI=1S/C63H73N10O13PS/c1-35-54(88-34-67-35)40-19-17-38(18-20-40)32-66-58(79)49-30-44(74)33-72(49)61(82)55(63(2,3)4)71-52(76)12-7-5-6-9-36-13-15-37(16-14-36)31-65-56(77)46(25-26-51(64)75)69-59(80)50-29-41-11-8-10-39-21-24-47(60(81)73(50)53(39)41)70-57(78)48-28-43-27-42(22-23-45(43)68-48)62(83)87(84,85)86/h8,10-11,13-20,22-23,27-28,34,44,46-47,49-50,55,68,74H,5-7,9,12,21,24-26,29-33H2,1-4H3,(H2,64,75)(H,65,77)(H,66,79)(H,69,80)(H,70,78)(H,71,76)(H2,84,85,86)/t44-,46+,47+,49+,50+,55-/m1/s1. The lowest BCUT2D eigenvalue weighted by Gasteiger charge is -2.35. The number of H-pyrrole nitrogens is 1. The Bertz CT molecular complexity index is 3710. The monoisotopic (exact) mass is 1240 g/mol. The zero-order chi connectivity index (χ0) is 63.2. The summed E-state index contributed by atoms with van der Waals surface area (Å²) in [5.74, 6) is -4.30. The third-order valence-corrected chi connectivity index (χ3v) is 18.0. The molecule has 0 saturated carbocycles. The number of nitrogens with two attached hydrogens (primary N) is 1. The maximum atomic E-state index is 14.5. The molecule has 6 atom stereocenters. The molecule has 11 N–H and O–H groups in total. The van der Waals surface area contributed by atoms with Crippen molar-refractivity contribution in [2.75, 3.05) is 11.4 Å². The number of aryl methyl sites for hydroxylation is 3. The van der Waals surface area contributed by atoms with Crippen molar-refractivity contribution in [3.05, 3.63) is 141 Å². The molecule has 9 rings (SSSR count). The van der Waals surface area contributed by atoms with Crippen molar-refractivity contribution in [1.82, 2.24) is 41.5 Å². The summed E-state index contributed by atoms with van der Waals surface area (Å²) in [7, 11) is -5.07. The number of likely N-dealkylation sites (tertiary alicyclic amines) is 1. The summed E-state index contributed by atoms with van der Waals surface area (Å²) in [6.07, 6.45) is 2.40. The number of amides is 8. The van der Waals surface area contributed by atoms with Gasteiger partial charge in [-0.05, 0) is 109 Å². The van der Waals surface area contributed by atoms with Crippen molar-refractivity contribution in [3.63, 3.8) is 0 Å².